The van der Waals surface area contributed by atoms with Gasteiger partial charge in [-0.25, -0.2) is 4.79 Å². The molecule has 0 saturated carbocycles. The summed E-state index contributed by atoms with van der Waals surface area (Å²) in [5.41, 5.74) is 0.909. The van der Waals surface area contributed by atoms with Crippen LogP contribution in [0.1, 0.15) is 52.4 Å². The van der Waals surface area contributed by atoms with Gasteiger partial charge in [0, 0.05) is 12.3 Å². The minimum Gasteiger partial charge on any atom is -0.481 e. The molecule has 0 aliphatic heterocycles. The molecule has 4 N–H and O–H groups in total. The molecule has 2 aliphatic rings. The Morgan fingerprint density at radius 1 is 1.14 bits per heavy atom. The van der Waals surface area contributed by atoms with Gasteiger partial charge >= 0.3 is 11.9 Å². The number of rotatable bonds is 12. The predicted octanol–water partition coefficient (Wildman–Crippen LogP) is 3.25. The van der Waals surface area contributed by atoms with Crippen LogP contribution in [0.2, 0.25) is 0 Å². The summed E-state index contributed by atoms with van der Waals surface area (Å²) in [6.07, 6.45) is 3.08. The van der Waals surface area contributed by atoms with Gasteiger partial charge in [0.25, 0.3) is 0 Å². The fourth-order valence-corrected chi connectivity index (χ4v) is 5.27. The zero-order valence-electron chi connectivity index (χ0n) is 20.9. The number of benzene rings is 1. The van der Waals surface area contributed by atoms with E-state index >= 15 is 0 Å². The second kappa shape index (κ2) is 13.0. The number of carbonyl (C=O) groups is 2. The third-order valence-electron chi connectivity index (χ3n) is 7.08. The van der Waals surface area contributed by atoms with E-state index in [9.17, 15) is 24.9 Å². The van der Waals surface area contributed by atoms with Crippen molar-refractivity contribution in [1.82, 2.24) is 0 Å². The molecule has 0 heterocycles. The van der Waals surface area contributed by atoms with Gasteiger partial charge in [-0.05, 0) is 55.2 Å². The van der Waals surface area contributed by atoms with E-state index in [4.69, 9.17) is 14.6 Å². The molecule has 0 bridgehead atoms. The molecule has 8 atom stereocenters. The molecule has 3 rings (SSSR count). The SMILES string of the molecule is CC[C@H](Oc1ccccc1)C(=O)O[C@H]1C[C@H](O)C=C2C=C[C@@H](C)[C@H](CC[C@@H](O)C[C@@H](O)CC(=O)O)[C@H]21. The molecule has 2 aliphatic carbocycles. The van der Waals surface area contributed by atoms with E-state index in [1.165, 1.54) is 0 Å². The van der Waals surface area contributed by atoms with Crippen LogP contribution in [0.25, 0.3) is 0 Å². The van der Waals surface area contributed by atoms with Crippen LogP contribution in [0.3, 0.4) is 0 Å². The van der Waals surface area contributed by atoms with Gasteiger partial charge in [-0.3, -0.25) is 4.79 Å². The highest BCUT2D eigenvalue weighted by atomic mass is 16.6. The lowest BCUT2D eigenvalue weighted by Crippen LogP contribution is -2.44. The average molecular weight is 503 g/mol. The minimum atomic E-state index is -1.11. The lowest BCUT2D eigenvalue weighted by atomic mass is 9.66. The average Bonchev–Trinajstić information content (AvgIpc) is 2.82. The van der Waals surface area contributed by atoms with Crippen LogP contribution in [0.4, 0.5) is 0 Å². The third-order valence-corrected chi connectivity index (χ3v) is 7.08. The smallest absolute Gasteiger partial charge is 0.347 e. The normalized spacial score (nSPS) is 27.8. The summed E-state index contributed by atoms with van der Waals surface area (Å²) in [6, 6.07) is 9.09. The van der Waals surface area contributed by atoms with Crippen molar-refractivity contribution in [3.8, 4) is 5.75 Å². The number of esters is 1. The molecule has 1 aromatic rings. The van der Waals surface area contributed by atoms with Crippen LogP contribution in [-0.4, -0.2) is 62.9 Å². The largest absolute Gasteiger partial charge is 0.481 e. The van der Waals surface area contributed by atoms with Gasteiger partial charge in [-0.15, -0.1) is 0 Å². The lowest BCUT2D eigenvalue weighted by Gasteiger charge is -2.43. The van der Waals surface area contributed by atoms with Gasteiger partial charge in [0.15, 0.2) is 6.10 Å². The number of carboxylic acid groups (broad SMARTS) is 1. The summed E-state index contributed by atoms with van der Waals surface area (Å²) in [6.45, 7) is 3.92. The molecule has 198 valence electrons. The number of carbonyl (C=O) groups excluding carboxylic acids is 1. The molecular weight excluding hydrogens is 464 g/mol. The van der Waals surface area contributed by atoms with Gasteiger partial charge < -0.3 is 29.9 Å². The summed E-state index contributed by atoms with van der Waals surface area (Å²) < 4.78 is 11.8. The van der Waals surface area contributed by atoms with Crippen molar-refractivity contribution in [2.24, 2.45) is 17.8 Å². The Morgan fingerprint density at radius 3 is 2.53 bits per heavy atom. The molecule has 0 amide bonds. The summed E-state index contributed by atoms with van der Waals surface area (Å²) in [4.78, 5) is 23.9. The van der Waals surface area contributed by atoms with Crippen molar-refractivity contribution in [2.75, 3.05) is 0 Å². The highest BCUT2D eigenvalue weighted by molar-refractivity contribution is 5.75. The number of ether oxygens (including phenoxy) is 2. The maximum Gasteiger partial charge on any atom is 0.347 e. The number of aliphatic carboxylic acids is 1. The molecule has 36 heavy (non-hydrogen) atoms. The van der Waals surface area contributed by atoms with E-state index in [1.54, 1.807) is 18.2 Å². The predicted molar refractivity (Wildman–Crippen MR) is 133 cm³/mol. The third kappa shape index (κ3) is 7.66. The zero-order valence-corrected chi connectivity index (χ0v) is 20.9. The Morgan fingerprint density at radius 2 is 1.86 bits per heavy atom. The molecule has 0 saturated heterocycles. The highest BCUT2D eigenvalue weighted by Gasteiger charge is 2.42. The van der Waals surface area contributed by atoms with Gasteiger partial charge in [-0.2, -0.15) is 0 Å². The van der Waals surface area contributed by atoms with Crippen molar-refractivity contribution >= 4 is 11.9 Å². The van der Waals surface area contributed by atoms with Crippen molar-refractivity contribution < 1.29 is 39.5 Å². The van der Waals surface area contributed by atoms with E-state index in [2.05, 4.69) is 13.0 Å². The lowest BCUT2D eigenvalue weighted by molar-refractivity contribution is -0.163. The molecule has 0 aromatic heterocycles. The number of hydrogen-bond acceptors (Lipinski definition) is 7. The van der Waals surface area contributed by atoms with E-state index in [1.807, 2.05) is 31.2 Å². The van der Waals surface area contributed by atoms with Crippen LogP contribution in [0, 0.1) is 17.8 Å². The fraction of sp³-hybridized carbons (Fsp3) is 0.571. The van der Waals surface area contributed by atoms with Gasteiger partial charge in [0.2, 0.25) is 0 Å². The number of carboxylic acids is 1. The topological polar surface area (TPSA) is 134 Å². The second-order valence-corrected chi connectivity index (χ2v) is 9.90. The first-order chi connectivity index (χ1) is 17.2. The number of hydrogen-bond donors (Lipinski definition) is 4. The number of aliphatic hydroxyl groups excluding tert-OH is 3. The Labute approximate surface area is 212 Å². The monoisotopic (exact) mass is 502 g/mol. The van der Waals surface area contributed by atoms with Gasteiger partial charge in [-0.1, -0.05) is 50.3 Å². The molecule has 0 unspecified atom stereocenters. The summed E-state index contributed by atoms with van der Waals surface area (Å²) in [5.74, 6) is -0.977. The van der Waals surface area contributed by atoms with Crippen molar-refractivity contribution in [3.05, 3.63) is 54.1 Å². The van der Waals surface area contributed by atoms with Crippen LogP contribution in [0.15, 0.2) is 54.1 Å². The molecule has 0 radical (unpaired) electrons. The number of allylic oxidation sites excluding steroid dienone is 2. The molecule has 0 spiro atoms. The molecule has 1 aromatic carbocycles. The van der Waals surface area contributed by atoms with Gasteiger partial charge in [0.05, 0.1) is 24.7 Å². The molecule has 8 heteroatoms. The first-order valence-electron chi connectivity index (χ1n) is 12.8. The molecular formula is C28H38O8. The number of aliphatic hydroxyl groups is 3. The van der Waals surface area contributed by atoms with Crippen LogP contribution < -0.4 is 4.74 Å². The van der Waals surface area contributed by atoms with E-state index < -0.39 is 48.9 Å². The second-order valence-electron chi connectivity index (χ2n) is 9.90. The van der Waals surface area contributed by atoms with E-state index in [0.29, 0.717) is 25.0 Å². The Kier molecular flexibility index (Phi) is 10.1. The first-order valence-corrected chi connectivity index (χ1v) is 12.8. The molecule has 8 nitrogen and oxygen atoms in total. The van der Waals surface area contributed by atoms with E-state index in [-0.39, 0.29) is 30.6 Å². The van der Waals surface area contributed by atoms with Crippen molar-refractivity contribution in [1.29, 1.82) is 0 Å². The maximum atomic E-state index is 13.1. The van der Waals surface area contributed by atoms with Crippen molar-refractivity contribution in [2.45, 2.75) is 82.9 Å². The Balaban J connectivity index is 1.70. The fourth-order valence-electron chi connectivity index (χ4n) is 5.27. The Hall–Kier alpha value is -2.68. The first kappa shape index (κ1) is 27.9. The number of para-hydroxylation sites is 1. The summed E-state index contributed by atoms with van der Waals surface area (Å²) >= 11 is 0. The number of fused-ring (bicyclic) bond motifs is 1. The van der Waals surface area contributed by atoms with Crippen LogP contribution in [0.5, 0.6) is 5.75 Å². The minimum absolute atomic E-state index is 0.0112. The molecule has 0 fully saturated rings. The highest BCUT2D eigenvalue weighted by Crippen LogP contribution is 2.44. The van der Waals surface area contributed by atoms with E-state index in [0.717, 1.165) is 5.57 Å². The van der Waals surface area contributed by atoms with Gasteiger partial charge in [0.1, 0.15) is 11.9 Å². The quantitative estimate of drug-likeness (QED) is 0.320. The van der Waals surface area contributed by atoms with Crippen LogP contribution >= 0.6 is 0 Å². The Bertz CT molecular complexity index is 927. The maximum absolute atomic E-state index is 13.1. The zero-order chi connectivity index (χ0) is 26.2. The summed E-state index contributed by atoms with van der Waals surface area (Å²) in [7, 11) is 0. The summed E-state index contributed by atoms with van der Waals surface area (Å²) in [5, 5.41) is 39.6. The van der Waals surface area contributed by atoms with Crippen molar-refractivity contribution in [3.63, 3.8) is 0 Å². The van der Waals surface area contributed by atoms with Crippen LogP contribution in [-0.2, 0) is 14.3 Å². The standard InChI is InChI=1S/C28H38O8/c1-3-24(35-22-7-5-4-6-8-22)28(34)36-25-15-20(30)13-18-10-9-17(2)23(27(18)25)12-11-19(29)14-21(31)16-26(32)33/h4-10,13,17,19-21,23-25,27,29-31H,3,11-12,14-16H2,1-2H3,(H,32,33)/t17-,19-,20-,21-,23+,24+,25+,27+/m1/s1.